The van der Waals surface area contributed by atoms with Crippen LogP contribution in [-0.2, 0) is 14.3 Å². The van der Waals surface area contributed by atoms with Gasteiger partial charge in [-0.1, -0.05) is 13.8 Å². The summed E-state index contributed by atoms with van der Waals surface area (Å²) >= 11 is 0. The number of hydrogen-bond donors (Lipinski definition) is 1. The van der Waals surface area contributed by atoms with Gasteiger partial charge in [0.2, 0.25) is 11.8 Å². The zero-order chi connectivity index (χ0) is 14.0. The maximum Gasteiger partial charge on any atom is 0.249 e. The maximum atomic E-state index is 12.7. The van der Waals surface area contributed by atoms with Crippen LogP contribution in [-0.4, -0.2) is 48.1 Å². The summed E-state index contributed by atoms with van der Waals surface area (Å²) in [5.74, 6) is 0.0445. The third kappa shape index (κ3) is 2.48. The number of ether oxygens (including phenoxy) is 1. The molecule has 1 aliphatic carbocycles. The van der Waals surface area contributed by atoms with Crippen molar-refractivity contribution in [3.63, 3.8) is 0 Å². The van der Waals surface area contributed by atoms with E-state index in [0.29, 0.717) is 12.8 Å². The van der Waals surface area contributed by atoms with Crippen molar-refractivity contribution >= 4 is 11.8 Å². The Labute approximate surface area is 114 Å². The third-order valence-electron chi connectivity index (χ3n) is 4.70. The predicted molar refractivity (Wildman–Crippen MR) is 71.6 cm³/mol. The van der Waals surface area contributed by atoms with Crippen LogP contribution in [0.3, 0.4) is 0 Å². The minimum absolute atomic E-state index is 0.0378. The topological polar surface area (TPSA) is 58.6 Å². The van der Waals surface area contributed by atoms with Crippen molar-refractivity contribution < 1.29 is 14.3 Å². The highest BCUT2D eigenvalue weighted by Crippen LogP contribution is 2.31. The molecule has 0 bridgehead atoms. The van der Waals surface area contributed by atoms with Crippen molar-refractivity contribution in [2.24, 2.45) is 0 Å². The van der Waals surface area contributed by atoms with Gasteiger partial charge in [0, 0.05) is 13.2 Å². The first-order valence-corrected chi connectivity index (χ1v) is 7.21. The number of methoxy groups -OCH3 is 1. The van der Waals surface area contributed by atoms with Crippen LogP contribution in [0.1, 0.15) is 46.0 Å². The van der Waals surface area contributed by atoms with Gasteiger partial charge >= 0.3 is 0 Å². The van der Waals surface area contributed by atoms with Crippen LogP contribution >= 0.6 is 0 Å². The molecule has 0 radical (unpaired) electrons. The molecule has 1 aliphatic heterocycles. The quantitative estimate of drug-likeness (QED) is 0.829. The van der Waals surface area contributed by atoms with Crippen LogP contribution in [0.4, 0.5) is 0 Å². The fourth-order valence-electron chi connectivity index (χ4n) is 3.30. The average Bonchev–Trinajstić information content (AvgIpc) is 2.89. The first-order chi connectivity index (χ1) is 9.06. The number of hydrogen-bond acceptors (Lipinski definition) is 3. The second-order valence-corrected chi connectivity index (χ2v) is 5.60. The maximum absolute atomic E-state index is 12.7. The highest BCUT2D eigenvalue weighted by molar-refractivity contribution is 5.98. The van der Waals surface area contributed by atoms with Crippen molar-refractivity contribution in [3.05, 3.63) is 0 Å². The standard InChI is InChI=1S/C14H24N2O3/c1-4-14(5-2)13(18)16(9-12(17)15-14)10-6-7-11(8-10)19-3/h10-11H,4-9H2,1-3H3,(H,15,17). The van der Waals surface area contributed by atoms with Crippen molar-refractivity contribution in [2.45, 2.75) is 63.6 Å². The minimum atomic E-state index is -0.694. The van der Waals surface area contributed by atoms with Gasteiger partial charge in [0.15, 0.2) is 0 Å². The summed E-state index contributed by atoms with van der Waals surface area (Å²) in [6.07, 6.45) is 4.26. The Morgan fingerprint density at radius 2 is 2.00 bits per heavy atom. The lowest BCUT2D eigenvalue weighted by Crippen LogP contribution is -2.67. The third-order valence-corrected chi connectivity index (χ3v) is 4.70. The van der Waals surface area contributed by atoms with Crippen LogP contribution in [0.15, 0.2) is 0 Å². The van der Waals surface area contributed by atoms with Crippen LogP contribution in [0, 0.1) is 0 Å². The molecule has 2 rings (SSSR count). The van der Waals surface area contributed by atoms with Gasteiger partial charge in [-0.2, -0.15) is 0 Å². The lowest BCUT2D eigenvalue weighted by Gasteiger charge is -2.43. The highest BCUT2D eigenvalue weighted by atomic mass is 16.5. The van der Waals surface area contributed by atoms with Gasteiger partial charge in [0.05, 0.1) is 12.6 Å². The van der Waals surface area contributed by atoms with Gasteiger partial charge in [-0.15, -0.1) is 0 Å². The number of nitrogens with zero attached hydrogens (tertiary/aromatic N) is 1. The van der Waals surface area contributed by atoms with Gasteiger partial charge in [0.25, 0.3) is 0 Å². The number of carbonyl (C=O) groups is 2. The van der Waals surface area contributed by atoms with E-state index < -0.39 is 5.54 Å². The molecule has 108 valence electrons. The Hall–Kier alpha value is -1.10. The summed E-state index contributed by atoms with van der Waals surface area (Å²) < 4.78 is 5.36. The molecule has 2 unspecified atom stereocenters. The summed E-state index contributed by atoms with van der Waals surface area (Å²) in [7, 11) is 1.71. The van der Waals surface area contributed by atoms with E-state index in [-0.39, 0.29) is 30.5 Å². The van der Waals surface area contributed by atoms with Gasteiger partial charge in [0.1, 0.15) is 5.54 Å². The molecule has 19 heavy (non-hydrogen) atoms. The minimum Gasteiger partial charge on any atom is -0.381 e. The Bertz CT molecular complexity index is 366. The molecule has 0 aromatic rings. The Balaban J connectivity index is 2.16. The zero-order valence-corrected chi connectivity index (χ0v) is 12.1. The van der Waals surface area contributed by atoms with Crippen LogP contribution in [0.5, 0.6) is 0 Å². The lowest BCUT2D eigenvalue weighted by molar-refractivity contribution is -0.152. The predicted octanol–water partition coefficient (Wildman–Crippen LogP) is 1.07. The van der Waals surface area contributed by atoms with Crippen molar-refractivity contribution in [1.29, 1.82) is 0 Å². The first-order valence-electron chi connectivity index (χ1n) is 7.21. The molecule has 2 atom stereocenters. The smallest absolute Gasteiger partial charge is 0.249 e. The lowest BCUT2D eigenvalue weighted by atomic mass is 9.88. The fourth-order valence-corrected chi connectivity index (χ4v) is 3.30. The van der Waals surface area contributed by atoms with Gasteiger partial charge < -0.3 is 15.0 Å². The SMILES string of the molecule is CCC1(CC)NC(=O)CN(C2CCC(OC)C2)C1=O. The molecule has 0 spiro atoms. The summed E-state index contributed by atoms with van der Waals surface area (Å²) in [5, 5.41) is 2.90. The second-order valence-electron chi connectivity index (χ2n) is 5.60. The van der Waals surface area contributed by atoms with Gasteiger partial charge in [-0.3, -0.25) is 9.59 Å². The Morgan fingerprint density at radius 1 is 1.32 bits per heavy atom. The van der Waals surface area contributed by atoms with E-state index in [1.54, 1.807) is 12.0 Å². The molecule has 1 heterocycles. The molecule has 1 saturated heterocycles. The van der Waals surface area contributed by atoms with E-state index in [2.05, 4.69) is 5.32 Å². The van der Waals surface area contributed by atoms with E-state index in [1.165, 1.54) is 0 Å². The van der Waals surface area contributed by atoms with Gasteiger partial charge in [-0.25, -0.2) is 0 Å². The Morgan fingerprint density at radius 3 is 2.53 bits per heavy atom. The molecule has 0 aromatic heterocycles. The van der Waals surface area contributed by atoms with E-state index >= 15 is 0 Å². The van der Waals surface area contributed by atoms with Crippen molar-refractivity contribution in [3.8, 4) is 0 Å². The van der Waals surface area contributed by atoms with E-state index in [1.807, 2.05) is 13.8 Å². The van der Waals surface area contributed by atoms with E-state index in [0.717, 1.165) is 19.3 Å². The Kier molecular flexibility index (Phi) is 4.13. The normalized spacial score (nSPS) is 30.6. The first kappa shape index (κ1) is 14.3. The average molecular weight is 268 g/mol. The molecule has 5 nitrogen and oxygen atoms in total. The molecule has 1 N–H and O–H groups in total. The number of piperazine rings is 1. The summed E-state index contributed by atoms with van der Waals surface area (Å²) in [6.45, 7) is 4.11. The van der Waals surface area contributed by atoms with Crippen molar-refractivity contribution in [2.75, 3.05) is 13.7 Å². The number of amides is 2. The number of nitrogens with one attached hydrogen (secondary N) is 1. The largest absolute Gasteiger partial charge is 0.381 e. The van der Waals surface area contributed by atoms with Crippen LogP contribution in [0.25, 0.3) is 0 Å². The fraction of sp³-hybridized carbons (Fsp3) is 0.857. The highest BCUT2D eigenvalue weighted by Gasteiger charge is 2.47. The van der Waals surface area contributed by atoms with Crippen LogP contribution < -0.4 is 5.32 Å². The molecular weight excluding hydrogens is 244 g/mol. The zero-order valence-electron chi connectivity index (χ0n) is 12.1. The van der Waals surface area contributed by atoms with Crippen molar-refractivity contribution in [1.82, 2.24) is 10.2 Å². The number of carbonyl (C=O) groups excluding carboxylic acids is 2. The molecule has 2 aliphatic rings. The molecule has 2 fully saturated rings. The molecule has 2 amide bonds. The molecule has 5 heteroatoms. The molecular formula is C14H24N2O3. The summed E-state index contributed by atoms with van der Waals surface area (Å²) in [6, 6.07) is 0.154. The van der Waals surface area contributed by atoms with E-state index in [4.69, 9.17) is 4.74 Å². The molecule has 0 aromatic carbocycles. The van der Waals surface area contributed by atoms with Crippen LogP contribution in [0.2, 0.25) is 0 Å². The number of rotatable bonds is 4. The summed E-state index contributed by atoms with van der Waals surface area (Å²) in [5.41, 5.74) is -0.694. The second kappa shape index (κ2) is 5.49. The summed E-state index contributed by atoms with van der Waals surface area (Å²) in [4.78, 5) is 26.4. The monoisotopic (exact) mass is 268 g/mol. The molecule has 1 saturated carbocycles. The van der Waals surface area contributed by atoms with E-state index in [9.17, 15) is 9.59 Å². The van der Waals surface area contributed by atoms with Gasteiger partial charge in [-0.05, 0) is 32.1 Å².